The fraction of sp³-hybridized carbons (Fsp3) is 0. The molecular formula is C6H8HfP. The normalized spacial score (nSPS) is 10.8. The van der Waals surface area contributed by atoms with Crippen molar-refractivity contribution >= 4 is 11.2 Å². The van der Waals surface area contributed by atoms with Crippen LogP contribution in [0.4, 0.5) is 0 Å². The molecule has 0 bridgehead atoms. The summed E-state index contributed by atoms with van der Waals surface area (Å²) >= 11 is 1.30. The van der Waals surface area contributed by atoms with Gasteiger partial charge in [-0.15, -0.1) is 0 Å². The Morgan fingerprint density at radius 2 is 1.88 bits per heavy atom. The van der Waals surface area contributed by atoms with Gasteiger partial charge in [0.2, 0.25) is 0 Å². The maximum atomic E-state index is 2.19. The van der Waals surface area contributed by atoms with Crippen molar-refractivity contribution in [3.05, 3.63) is 30.3 Å². The Bertz CT molecular complexity index is 157. The molecule has 0 aliphatic heterocycles. The van der Waals surface area contributed by atoms with Crippen molar-refractivity contribution in [3.8, 4) is 0 Å². The topological polar surface area (TPSA) is 0 Å². The molecule has 41 valence electrons. The molecule has 1 aromatic rings. The number of benzene rings is 1. The van der Waals surface area contributed by atoms with Gasteiger partial charge in [-0.2, -0.15) is 0 Å². The van der Waals surface area contributed by atoms with Gasteiger partial charge in [-0.25, -0.2) is 0 Å². The van der Waals surface area contributed by atoms with Gasteiger partial charge in [0, 0.05) is 0 Å². The zero-order valence-corrected chi connectivity index (χ0v) is 8.98. The molecule has 0 amide bonds. The number of hydrogen-bond donors (Lipinski definition) is 0. The van der Waals surface area contributed by atoms with Crippen LogP contribution >= 0.6 is 5.93 Å². The van der Waals surface area contributed by atoms with Gasteiger partial charge >= 0.3 is 65.4 Å². The van der Waals surface area contributed by atoms with Crippen molar-refractivity contribution < 1.29 is 26.7 Å². The molecule has 0 aromatic heterocycles. The van der Waals surface area contributed by atoms with Crippen LogP contribution in [0.25, 0.3) is 0 Å². The van der Waals surface area contributed by atoms with Crippen molar-refractivity contribution in [2.75, 3.05) is 0 Å². The van der Waals surface area contributed by atoms with Gasteiger partial charge in [0.05, 0.1) is 0 Å². The van der Waals surface area contributed by atoms with Gasteiger partial charge < -0.3 is 2.85 Å². The van der Waals surface area contributed by atoms with Crippen molar-refractivity contribution in [3.63, 3.8) is 0 Å². The fourth-order valence-corrected chi connectivity index (χ4v) is 2.68. The molecule has 0 aliphatic rings. The molecule has 0 fully saturated rings. The molecule has 1 aromatic carbocycles. The first kappa shape index (κ1) is 6.64. The molecule has 1 rings (SSSR count). The van der Waals surface area contributed by atoms with E-state index in [1.165, 1.54) is 29.1 Å². The second-order valence-corrected chi connectivity index (χ2v) is 5.01. The van der Waals surface area contributed by atoms with Crippen LogP contribution in [0.15, 0.2) is 30.3 Å². The number of rotatable bonds is 1. The van der Waals surface area contributed by atoms with Crippen LogP contribution in [0.5, 0.6) is 0 Å². The summed E-state index contributed by atoms with van der Waals surface area (Å²) < 4.78 is 0. The molecular weight excluding hydrogens is 282 g/mol. The Morgan fingerprint density at radius 3 is 2.25 bits per heavy atom. The summed E-state index contributed by atoms with van der Waals surface area (Å²) in [6, 6.07) is 10.6. The van der Waals surface area contributed by atoms with E-state index in [9.17, 15) is 0 Å². The van der Waals surface area contributed by atoms with E-state index in [-0.39, 0.29) is 2.85 Å². The van der Waals surface area contributed by atoms with Crippen molar-refractivity contribution in [1.29, 1.82) is 0 Å². The molecule has 1 unspecified atom stereocenters. The molecule has 8 heavy (non-hydrogen) atoms. The molecule has 0 aliphatic carbocycles. The van der Waals surface area contributed by atoms with E-state index in [4.69, 9.17) is 0 Å². The predicted molar refractivity (Wildman–Crippen MR) is 36.6 cm³/mol. The monoisotopic (exact) mass is 291 g/mol. The summed E-state index contributed by atoms with van der Waals surface area (Å²) in [6.45, 7) is 0. The van der Waals surface area contributed by atoms with Crippen LogP contribution in [-0.2, 0) is 23.8 Å². The summed E-state index contributed by atoms with van der Waals surface area (Å²) in [5.41, 5.74) is 0. The van der Waals surface area contributed by atoms with Crippen LogP contribution in [0.1, 0.15) is 2.85 Å². The second-order valence-electron chi connectivity index (χ2n) is 1.49. The van der Waals surface area contributed by atoms with Crippen LogP contribution in [0.3, 0.4) is 0 Å². The molecule has 0 saturated heterocycles. The first-order valence-electron chi connectivity index (χ1n) is 2.41. The van der Waals surface area contributed by atoms with Gasteiger partial charge in [0.1, 0.15) is 0 Å². The summed E-state index contributed by atoms with van der Waals surface area (Å²) in [5.74, 6) is 1.07. The zero-order chi connectivity index (χ0) is 5.82. The number of hydrogen-bond acceptors (Lipinski definition) is 0. The maximum absolute atomic E-state index is 2.19. The van der Waals surface area contributed by atoms with E-state index in [0.717, 1.165) is 5.93 Å². The zero-order valence-electron chi connectivity index (χ0n) is 6.39. The summed E-state index contributed by atoms with van der Waals surface area (Å²) in [6.07, 6.45) is 0. The average molecular weight is 290 g/mol. The fourth-order valence-electron chi connectivity index (χ4n) is 0.521. The Balaban J connectivity index is 0. The SMILES string of the molecule is [H-].[H-].[Hf+2][PH]c1ccccc1. The molecule has 0 radical (unpaired) electrons. The van der Waals surface area contributed by atoms with E-state index >= 15 is 0 Å². The Morgan fingerprint density at radius 1 is 1.25 bits per heavy atom. The van der Waals surface area contributed by atoms with Crippen molar-refractivity contribution in [2.24, 2.45) is 0 Å². The van der Waals surface area contributed by atoms with E-state index in [2.05, 4.69) is 30.3 Å². The Labute approximate surface area is 68.3 Å². The first-order chi connectivity index (χ1) is 3.93. The second kappa shape index (κ2) is 3.53. The van der Waals surface area contributed by atoms with E-state index in [0.29, 0.717) is 0 Å². The van der Waals surface area contributed by atoms with Crippen molar-refractivity contribution in [1.82, 2.24) is 0 Å². The Hall–Kier alpha value is 0.520. The predicted octanol–water partition coefficient (Wildman–Crippen LogP) is 1.68. The average Bonchev–Trinajstić information content (AvgIpc) is 1.90. The van der Waals surface area contributed by atoms with Gasteiger partial charge in [-0.3, -0.25) is 0 Å². The molecule has 2 heteroatoms. The molecule has 0 nitrogen and oxygen atoms in total. The third-order valence-electron chi connectivity index (χ3n) is 0.918. The third-order valence-corrected chi connectivity index (χ3v) is 4.65. The first-order valence-corrected chi connectivity index (χ1v) is 8.80. The Kier molecular flexibility index (Phi) is 2.93. The van der Waals surface area contributed by atoms with E-state index in [1.807, 2.05) is 0 Å². The molecule has 0 N–H and O–H groups in total. The van der Waals surface area contributed by atoms with Gasteiger partial charge in [-0.1, -0.05) is 0 Å². The van der Waals surface area contributed by atoms with Gasteiger partial charge in [0.25, 0.3) is 0 Å². The summed E-state index contributed by atoms with van der Waals surface area (Å²) in [5, 5.41) is 1.50. The van der Waals surface area contributed by atoms with E-state index < -0.39 is 0 Å². The minimum atomic E-state index is 0. The molecule has 1 atom stereocenters. The van der Waals surface area contributed by atoms with Crippen LogP contribution < -0.4 is 5.30 Å². The van der Waals surface area contributed by atoms with Crippen LogP contribution in [0, 0.1) is 0 Å². The minimum absolute atomic E-state index is 0. The van der Waals surface area contributed by atoms with Crippen LogP contribution in [0.2, 0.25) is 0 Å². The third kappa shape index (κ3) is 1.80. The van der Waals surface area contributed by atoms with Gasteiger partial charge in [-0.05, 0) is 0 Å². The van der Waals surface area contributed by atoms with Crippen LogP contribution in [-0.4, -0.2) is 0 Å². The molecule has 0 saturated carbocycles. The standard InChI is InChI=1S/C6H6P.Hf.2H/c7-6-4-2-1-3-5-6;;;/h1-5,7H;;;/q-1;+3;2*-1. The summed E-state index contributed by atoms with van der Waals surface area (Å²) in [7, 11) is 0. The molecule has 0 spiro atoms. The quantitative estimate of drug-likeness (QED) is 0.545. The van der Waals surface area contributed by atoms with E-state index in [1.54, 1.807) is 0 Å². The van der Waals surface area contributed by atoms with Crippen molar-refractivity contribution in [2.45, 2.75) is 0 Å². The molecule has 0 heterocycles. The van der Waals surface area contributed by atoms with Gasteiger partial charge in [0.15, 0.2) is 0 Å². The summed E-state index contributed by atoms with van der Waals surface area (Å²) in [4.78, 5) is 0.